The predicted octanol–water partition coefficient (Wildman–Crippen LogP) is 6.43. The van der Waals surface area contributed by atoms with Crippen molar-refractivity contribution in [1.82, 2.24) is 19.5 Å². The Bertz CT molecular complexity index is 1330. The number of fused-ring (bicyclic) bond motifs is 1. The highest BCUT2D eigenvalue weighted by Gasteiger charge is 2.33. The fraction of sp³-hybridized carbons (Fsp3) is 0.308. The van der Waals surface area contributed by atoms with Crippen molar-refractivity contribution in [1.29, 1.82) is 0 Å². The summed E-state index contributed by atoms with van der Waals surface area (Å²) in [7, 11) is 0. The number of halogens is 1. The maximum atomic E-state index is 13.0. The third-order valence-electron chi connectivity index (χ3n) is 5.85. The minimum absolute atomic E-state index is 0.154. The zero-order valence-electron chi connectivity index (χ0n) is 19.4. The number of anilines is 1. The lowest BCUT2D eigenvalue weighted by atomic mass is 9.91. The number of carbonyl (C=O) groups is 1. The van der Waals surface area contributed by atoms with Gasteiger partial charge in [-0.15, -0.1) is 0 Å². The van der Waals surface area contributed by atoms with Gasteiger partial charge >= 0.3 is 6.09 Å². The summed E-state index contributed by atoms with van der Waals surface area (Å²) in [5, 5.41) is 0.304. The van der Waals surface area contributed by atoms with Gasteiger partial charge in [0.1, 0.15) is 23.3 Å². The Hall–Kier alpha value is -3.45. The van der Waals surface area contributed by atoms with Gasteiger partial charge in [-0.2, -0.15) is 0 Å². The number of rotatable bonds is 4. The topological polar surface area (TPSA) is 73.1 Å². The molecule has 0 N–H and O–H groups in total. The molecular weight excluding hydrogens is 450 g/mol. The van der Waals surface area contributed by atoms with Crippen molar-refractivity contribution >= 4 is 34.5 Å². The van der Waals surface area contributed by atoms with Gasteiger partial charge in [0, 0.05) is 23.0 Å². The number of nitrogens with zero attached hydrogens (tertiary/aromatic N) is 5. The van der Waals surface area contributed by atoms with Gasteiger partial charge in [-0.25, -0.2) is 19.7 Å². The van der Waals surface area contributed by atoms with Crippen molar-refractivity contribution in [3.63, 3.8) is 0 Å². The summed E-state index contributed by atoms with van der Waals surface area (Å²) in [6.07, 6.45) is 4.18. The highest BCUT2D eigenvalue weighted by Crippen LogP contribution is 2.34. The van der Waals surface area contributed by atoms with Gasteiger partial charge in [0.2, 0.25) is 0 Å². The molecule has 2 aromatic heterocycles. The molecule has 0 bridgehead atoms. The molecule has 1 aliphatic carbocycles. The average Bonchev–Trinajstić information content (AvgIpc) is 3.17. The smallest absolute Gasteiger partial charge is 0.415 e. The van der Waals surface area contributed by atoms with Gasteiger partial charge in [-0.3, -0.25) is 9.47 Å². The first-order chi connectivity index (χ1) is 16.3. The molecule has 1 amide bonds. The maximum Gasteiger partial charge on any atom is 0.415 e. The van der Waals surface area contributed by atoms with Crippen LogP contribution in [0.1, 0.15) is 40.0 Å². The van der Waals surface area contributed by atoms with Crippen LogP contribution in [0.2, 0.25) is 5.15 Å². The number of amides is 1. The Morgan fingerprint density at radius 3 is 2.38 bits per heavy atom. The third kappa shape index (κ3) is 4.23. The second-order valence-electron chi connectivity index (χ2n) is 9.43. The van der Waals surface area contributed by atoms with Gasteiger partial charge in [0.15, 0.2) is 10.8 Å². The summed E-state index contributed by atoms with van der Waals surface area (Å²) in [6, 6.07) is 17.9. The Morgan fingerprint density at radius 2 is 1.76 bits per heavy atom. The third-order valence-corrected chi connectivity index (χ3v) is 6.12. The van der Waals surface area contributed by atoms with E-state index in [9.17, 15) is 4.79 Å². The molecule has 34 heavy (non-hydrogen) atoms. The van der Waals surface area contributed by atoms with E-state index < -0.39 is 5.60 Å². The lowest BCUT2D eigenvalue weighted by Gasteiger charge is -2.38. The van der Waals surface area contributed by atoms with Crippen molar-refractivity contribution in [2.45, 2.75) is 51.7 Å². The van der Waals surface area contributed by atoms with Gasteiger partial charge < -0.3 is 4.74 Å². The lowest BCUT2D eigenvalue weighted by molar-refractivity contribution is 0.0549. The Labute approximate surface area is 203 Å². The van der Waals surface area contributed by atoms with Gasteiger partial charge in [-0.05, 0) is 64.3 Å². The molecule has 2 aromatic carbocycles. The van der Waals surface area contributed by atoms with Crippen molar-refractivity contribution in [3.05, 3.63) is 66.1 Å². The van der Waals surface area contributed by atoms with E-state index in [4.69, 9.17) is 21.3 Å². The summed E-state index contributed by atoms with van der Waals surface area (Å²) in [5.74, 6) is 0.716. The predicted molar refractivity (Wildman–Crippen MR) is 133 cm³/mol. The summed E-state index contributed by atoms with van der Waals surface area (Å²) in [5.41, 5.74) is 3.20. The number of hydrogen-bond acceptors (Lipinski definition) is 5. The fourth-order valence-electron chi connectivity index (χ4n) is 4.07. The van der Waals surface area contributed by atoms with E-state index in [-0.39, 0.29) is 12.1 Å². The van der Waals surface area contributed by atoms with Crippen LogP contribution in [0.5, 0.6) is 0 Å². The van der Waals surface area contributed by atoms with E-state index in [1.54, 1.807) is 4.90 Å². The van der Waals surface area contributed by atoms with E-state index in [0.29, 0.717) is 22.1 Å². The molecule has 1 saturated carbocycles. The SMILES string of the molecule is CC(C)(C)OC(=O)N(c1ccc(-n2c(-c3ccccc3)nc3c(Cl)ncnc32)cc1)C1CCC1. The first kappa shape index (κ1) is 22.3. The van der Waals surface area contributed by atoms with Gasteiger partial charge in [0.25, 0.3) is 0 Å². The van der Waals surface area contributed by atoms with Crippen LogP contribution in [-0.4, -0.2) is 37.3 Å². The number of carbonyl (C=O) groups excluding carboxylic acids is 1. The summed E-state index contributed by atoms with van der Waals surface area (Å²) >= 11 is 6.34. The number of benzene rings is 2. The van der Waals surface area contributed by atoms with Gasteiger partial charge in [0.05, 0.1) is 0 Å². The molecular formula is C26H26ClN5O2. The van der Waals surface area contributed by atoms with Crippen LogP contribution in [0.3, 0.4) is 0 Å². The first-order valence-electron chi connectivity index (χ1n) is 11.4. The largest absolute Gasteiger partial charge is 0.443 e. The Balaban J connectivity index is 1.58. The highest BCUT2D eigenvalue weighted by atomic mass is 35.5. The molecule has 1 fully saturated rings. The lowest BCUT2D eigenvalue weighted by Crippen LogP contribution is -2.46. The minimum atomic E-state index is -0.557. The zero-order valence-corrected chi connectivity index (χ0v) is 20.2. The Morgan fingerprint density at radius 1 is 1.06 bits per heavy atom. The van der Waals surface area contributed by atoms with Crippen LogP contribution in [-0.2, 0) is 4.74 Å². The van der Waals surface area contributed by atoms with E-state index in [1.807, 2.05) is 79.9 Å². The normalized spacial score (nSPS) is 14.1. The molecule has 0 atom stereocenters. The molecule has 0 spiro atoms. The maximum absolute atomic E-state index is 13.0. The van der Waals surface area contributed by atoms with Crippen LogP contribution >= 0.6 is 11.6 Å². The molecule has 0 radical (unpaired) electrons. The van der Waals surface area contributed by atoms with E-state index in [1.165, 1.54) is 6.33 Å². The van der Waals surface area contributed by atoms with Crippen molar-refractivity contribution < 1.29 is 9.53 Å². The monoisotopic (exact) mass is 475 g/mol. The molecule has 0 unspecified atom stereocenters. The average molecular weight is 476 g/mol. The Kier molecular flexibility index (Phi) is 5.73. The van der Waals surface area contributed by atoms with Crippen LogP contribution in [0, 0.1) is 0 Å². The van der Waals surface area contributed by atoms with Crippen LogP contribution in [0.4, 0.5) is 10.5 Å². The summed E-state index contributed by atoms with van der Waals surface area (Å²) < 4.78 is 7.66. The van der Waals surface area contributed by atoms with Crippen LogP contribution in [0.25, 0.3) is 28.2 Å². The molecule has 0 aliphatic heterocycles. The van der Waals surface area contributed by atoms with E-state index in [2.05, 4.69) is 9.97 Å². The summed E-state index contributed by atoms with van der Waals surface area (Å²) in [6.45, 7) is 5.65. The fourth-order valence-corrected chi connectivity index (χ4v) is 4.24. The van der Waals surface area contributed by atoms with Crippen molar-refractivity contribution in [2.75, 3.05) is 4.90 Å². The van der Waals surface area contributed by atoms with Crippen molar-refractivity contribution in [3.8, 4) is 17.1 Å². The molecule has 7 nitrogen and oxygen atoms in total. The molecule has 2 heterocycles. The molecule has 0 saturated heterocycles. The molecule has 5 rings (SSSR count). The zero-order chi connectivity index (χ0) is 23.9. The molecule has 174 valence electrons. The molecule has 1 aliphatic rings. The minimum Gasteiger partial charge on any atom is -0.443 e. The number of hydrogen-bond donors (Lipinski definition) is 0. The quantitative estimate of drug-likeness (QED) is 0.318. The number of aromatic nitrogens is 4. The van der Waals surface area contributed by atoms with Gasteiger partial charge in [-0.1, -0.05) is 41.9 Å². The molecule has 8 heteroatoms. The molecule has 4 aromatic rings. The van der Waals surface area contributed by atoms with E-state index in [0.717, 1.165) is 36.2 Å². The van der Waals surface area contributed by atoms with Crippen LogP contribution < -0.4 is 4.90 Å². The number of imidazole rings is 1. The summed E-state index contributed by atoms with van der Waals surface area (Å²) in [4.78, 5) is 28.1. The van der Waals surface area contributed by atoms with Crippen LogP contribution in [0.15, 0.2) is 60.9 Å². The van der Waals surface area contributed by atoms with E-state index >= 15 is 0 Å². The van der Waals surface area contributed by atoms with Crippen molar-refractivity contribution in [2.24, 2.45) is 0 Å². The highest BCUT2D eigenvalue weighted by molar-refractivity contribution is 6.33. The second kappa shape index (κ2) is 8.72. The number of ether oxygens (including phenoxy) is 1. The first-order valence-corrected chi connectivity index (χ1v) is 11.8. The standard InChI is InChI=1S/C26H26ClN5O2/c1-26(2,3)34-25(33)31(18-10-7-11-18)19-12-14-20(15-13-19)32-23(17-8-5-4-6-9-17)30-21-22(27)28-16-29-24(21)32/h4-6,8-9,12-16,18H,7,10-11H2,1-3H3. The second-order valence-corrected chi connectivity index (χ2v) is 9.78.